The first-order valence-electron chi connectivity index (χ1n) is 7.00. The van der Waals surface area contributed by atoms with Gasteiger partial charge in [0.15, 0.2) is 0 Å². The fraction of sp³-hybridized carbons (Fsp3) is 0.625. The first-order valence-corrected chi connectivity index (χ1v) is 7.00. The Morgan fingerprint density at radius 1 is 1.11 bits per heavy atom. The summed E-state index contributed by atoms with van der Waals surface area (Å²) in [5.74, 6) is 0.749. The van der Waals surface area contributed by atoms with E-state index in [0.717, 1.165) is 25.4 Å². The lowest BCUT2D eigenvalue weighted by atomic mass is 10.0. The number of benzene rings is 1. The molecule has 102 valence electrons. The Hall–Kier alpha value is -0.860. The average Bonchev–Trinajstić information content (AvgIpc) is 2.28. The van der Waals surface area contributed by atoms with Crippen LogP contribution in [0.2, 0.25) is 0 Å². The number of rotatable bonds is 8. The highest BCUT2D eigenvalue weighted by molar-refractivity contribution is 5.14. The van der Waals surface area contributed by atoms with E-state index in [2.05, 4.69) is 68.5 Å². The molecule has 1 aromatic rings. The summed E-state index contributed by atoms with van der Waals surface area (Å²) in [6.45, 7) is 6.77. The normalized spacial score (nSPS) is 13.2. The Morgan fingerprint density at radius 2 is 1.78 bits per heavy atom. The zero-order valence-electron chi connectivity index (χ0n) is 12.3. The fourth-order valence-corrected chi connectivity index (χ4v) is 2.30. The molecule has 1 aromatic carbocycles. The Labute approximate surface area is 112 Å². The number of nitrogens with zero attached hydrogens (tertiary/aromatic N) is 1. The second kappa shape index (κ2) is 8.28. The molecule has 2 nitrogen and oxygen atoms in total. The van der Waals surface area contributed by atoms with Crippen molar-refractivity contribution in [1.29, 1.82) is 0 Å². The highest BCUT2D eigenvalue weighted by Crippen LogP contribution is 2.06. The summed E-state index contributed by atoms with van der Waals surface area (Å²) in [6.07, 6.45) is 2.36. The van der Waals surface area contributed by atoms with Crippen LogP contribution < -0.4 is 5.32 Å². The molecule has 18 heavy (non-hydrogen) atoms. The van der Waals surface area contributed by atoms with Crippen molar-refractivity contribution in [2.45, 2.75) is 32.7 Å². The molecule has 1 unspecified atom stereocenters. The van der Waals surface area contributed by atoms with Crippen LogP contribution in [0.1, 0.15) is 25.8 Å². The monoisotopic (exact) mass is 248 g/mol. The summed E-state index contributed by atoms with van der Waals surface area (Å²) in [7, 11) is 4.29. The maximum Gasteiger partial charge on any atom is 0.0197 e. The minimum atomic E-state index is 0.601. The van der Waals surface area contributed by atoms with Crippen LogP contribution in [0.25, 0.3) is 0 Å². The molecule has 0 aliphatic heterocycles. The van der Waals surface area contributed by atoms with E-state index < -0.39 is 0 Å². The molecule has 0 saturated heterocycles. The van der Waals surface area contributed by atoms with E-state index in [0.29, 0.717) is 6.04 Å². The van der Waals surface area contributed by atoms with Gasteiger partial charge in [-0.1, -0.05) is 44.2 Å². The lowest BCUT2D eigenvalue weighted by Crippen LogP contribution is -2.40. The zero-order chi connectivity index (χ0) is 13.4. The molecule has 1 atom stereocenters. The van der Waals surface area contributed by atoms with Crippen LogP contribution in [0.4, 0.5) is 0 Å². The van der Waals surface area contributed by atoms with Gasteiger partial charge in [0.25, 0.3) is 0 Å². The molecule has 0 saturated carbocycles. The van der Waals surface area contributed by atoms with E-state index in [9.17, 15) is 0 Å². The predicted molar refractivity (Wildman–Crippen MR) is 79.9 cm³/mol. The van der Waals surface area contributed by atoms with E-state index in [1.165, 1.54) is 12.0 Å². The van der Waals surface area contributed by atoms with Gasteiger partial charge in [-0.3, -0.25) is 0 Å². The van der Waals surface area contributed by atoms with Crippen molar-refractivity contribution < 1.29 is 0 Å². The van der Waals surface area contributed by atoms with Crippen LogP contribution in [-0.2, 0) is 6.42 Å². The van der Waals surface area contributed by atoms with E-state index in [1.807, 2.05) is 0 Å². The fourth-order valence-electron chi connectivity index (χ4n) is 2.30. The third-order valence-electron chi connectivity index (χ3n) is 3.03. The van der Waals surface area contributed by atoms with Crippen molar-refractivity contribution in [2.75, 3.05) is 27.2 Å². The molecule has 0 aliphatic carbocycles. The summed E-state index contributed by atoms with van der Waals surface area (Å²) in [4.78, 5) is 2.27. The summed E-state index contributed by atoms with van der Waals surface area (Å²) >= 11 is 0. The number of hydrogen-bond donors (Lipinski definition) is 1. The quantitative estimate of drug-likeness (QED) is 0.761. The zero-order valence-corrected chi connectivity index (χ0v) is 12.3. The van der Waals surface area contributed by atoms with Crippen LogP contribution >= 0.6 is 0 Å². The number of likely N-dealkylation sites (N-methyl/N-ethyl adjacent to an activating group) is 1. The van der Waals surface area contributed by atoms with Gasteiger partial charge >= 0.3 is 0 Å². The maximum atomic E-state index is 3.69. The summed E-state index contributed by atoms with van der Waals surface area (Å²) < 4.78 is 0. The van der Waals surface area contributed by atoms with Crippen molar-refractivity contribution in [3.05, 3.63) is 35.9 Å². The van der Waals surface area contributed by atoms with Crippen LogP contribution in [0.5, 0.6) is 0 Å². The summed E-state index contributed by atoms with van der Waals surface area (Å²) in [6, 6.07) is 11.3. The molecular weight excluding hydrogens is 220 g/mol. The van der Waals surface area contributed by atoms with Gasteiger partial charge in [0.2, 0.25) is 0 Å². The lowest BCUT2D eigenvalue weighted by Gasteiger charge is -2.24. The second-order valence-electron chi connectivity index (χ2n) is 5.78. The van der Waals surface area contributed by atoms with E-state index >= 15 is 0 Å². The van der Waals surface area contributed by atoms with Crippen LogP contribution in [0.3, 0.4) is 0 Å². The Balaban J connectivity index is 2.32. The van der Waals surface area contributed by atoms with Gasteiger partial charge in [0, 0.05) is 12.6 Å². The van der Waals surface area contributed by atoms with E-state index in [1.54, 1.807) is 0 Å². The third kappa shape index (κ3) is 6.77. The molecule has 0 heterocycles. The SMILES string of the molecule is CC(C)CC(CN(C)C)NCCc1ccccc1. The minimum Gasteiger partial charge on any atom is -0.312 e. The van der Waals surface area contributed by atoms with Crippen LogP contribution in [-0.4, -0.2) is 38.1 Å². The molecule has 0 aromatic heterocycles. The highest BCUT2D eigenvalue weighted by Gasteiger charge is 2.10. The van der Waals surface area contributed by atoms with E-state index in [4.69, 9.17) is 0 Å². The highest BCUT2D eigenvalue weighted by atomic mass is 15.1. The van der Waals surface area contributed by atoms with Gasteiger partial charge in [-0.2, -0.15) is 0 Å². The van der Waals surface area contributed by atoms with Gasteiger partial charge in [-0.05, 0) is 45.0 Å². The van der Waals surface area contributed by atoms with E-state index in [-0.39, 0.29) is 0 Å². The number of hydrogen-bond acceptors (Lipinski definition) is 2. The van der Waals surface area contributed by atoms with Crippen molar-refractivity contribution in [3.63, 3.8) is 0 Å². The summed E-state index contributed by atoms with van der Waals surface area (Å²) in [5.41, 5.74) is 1.41. The second-order valence-corrected chi connectivity index (χ2v) is 5.78. The first-order chi connectivity index (χ1) is 8.58. The molecule has 2 heteroatoms. The third-order valence-corrected chi connectivity index (χ3v) is 3.03. The van der Waals surface area contributed by atoms with Crippen molar-refractivity contribution >= 4 is 0 Å². The molecule has 1 rings (SSSR count). The van der Waals surface area contributed by atoms with Gasteiger partial charge in [-0.25, -0.2) is 0 Å². The first kappa shape index (κ1) is 15.2. The van der Waals surface area contributed by atoms with Gasteiger partial charge in [-0.15, -0.1) is 0 Å². The average molecular weight is 248 g/mol. The minimum absolute atomic E-state index is 0.601. The molecule has 0 fully saturated rings. The molecule has 0 amide bonds. The molecule has 0 spiro atoms. The maximum absolute atomic E-state index is 3.69. The Bertz CT molecular complexity index is 296. The predicted octanol–water partition coefficient (Wildman–Crippen LogP) is 2.80. The van der Waals surface area contributed by atoms with Crippen molar-refractivity contribution in [1.82, 2.24) is 10.2 Å². The van der Waals surface area contributed by atoms with Crippen molar-refractivity contribution in [3.8, 4) is 0 Å². The molecule has 0 aliphatic rings. The van der Waals surface area contributed by atoms with Gasteiger partial charge < -0.3 is 10.2 Å². The summed E-state index contributed by atoms with van der Waals surface area (Å²) in [5, 5.41) is 3.69. The van der Waals surface area contributed by atoms with Crippen LogP contribution in [0, 0.1) is 5.92 Å². The molecular formula is C16H28N2. The van der Waals surface area contributed by atoms with Gasteiger partial charge in [0.05, 0.1) is 0 Å². The Kier molecular flexibility index (Phi) is 6.99. The number of nitrogens with one attached hydrogen (secondary N) is 1. The molecule has 0 bridgehead atoms. The Morgan fingerprint density at radius 3 is 2.33 bits per heavy atom. The van der Waals surface area contributed by atoms with Crippen LogP contribution in [0.15, 0.2) is 30.3 Å². The van der Waals surface area contributed by atoms with Crippen molar-refractivity contribution in [2.24, 2.45) is 5.92 Å². The molecule has 0 radical (unpaired) electrons. The lowest BCUT2D eigenvalue weighted by molar-refractivity contribution is 0.307. The van der Waals surface area contributed by atoms with Gasteiger partial charge in [0.1, 0.15) is 0 Å². The topological polar surface area (TPSA) is 15.3 Å². The largest absolute Gasteiger partial charge is 0.312 e. The smallest absolute Gasteiger partial charge is 0.0197 e. The standard InChI is InChI=1S/C16H28N2/c1-14(2)12-16(13-18(3)4)17-11-10-15-8-6-5-7-9-15/h5-9,14,16-17H,10-13H2,1-4H3. The molecule has 1 N–H and O–H groups in total.